The van der Waals surface area contributed by atoms with Gasteiger partial charge in [-0.25, -0.2) is 4.39 Å². The van der Waals surface area contributed by atoms with Crippen LogP contribution in [0, 0.1) is 12.7 Å². The van der Waals surface area contributed by atoms with Gasteiger partial charge in [-0.15, -0.1) is 0 Å². The molecule has 3 aromatic rings. The van der Waals surface area contributed by atoms with Crippen molar-refractivity contribution in [3.05, 3.63) is 89.2 Å². The van der Waals surface area contributed by atoms with E-state index < -0.39 is 0 Å². The normalized spacial score (nSPS) is 10.5. The van der Waals surface area contributed by atoms with Crippen LogP contribution in [-0.4, -0.2) is 5.91 Å². The molecule has 0 aliphatic heterocycles. The second-order valence-electron chi connectivity index (χ2n) is 6.66. The number of benzene rings is 3. The van der Waals surface area contributed by atoms with E-state index in [-0.39, 0.29) is 11.7 Å². The molecule has 0 fully saturated rings. The Morgan fingerprint density at radius 1 is 0.852 bits per heavy atom. The van der Waals surface area contributed by atoms with Gasteiger partial charge in [0.05, 0.1) is 0 Å². The van der Waals surface area contributed by atoms with Crippen LogP contribution in [-0.2, 0) is 17.6 Å². The van der Waals surface area contributed by atoms with Gasteiger partial charge in [0, 0.05) is 24.0 Å². The van der Waals surface area contributed by atoms with Gasteiger partial charge in [-0.2, -0.15) is 0 Å². The first-order chi connectivity index (χ1) is 13.0. The van der Waals surface area contributed by atoms with Crippen molar-refractivity contribution in [2.75, 3.05) is 10.6 Å². The first kappa shape index (κ1) is 18.6. The van der Waals surface area contributed by atoms with Crippen LogP contribution in [0.1, 0.15) is 23.6 Å². The molecule has 3 rings (SSSR count). The number of rotatable bonds is 6. The van der Waals surface area contributed by atoms with Gasteiger partial charge in [0.25, 0.3) is 0 Å². The molecule has 0 aromatic heterocycles. The van der Waals surface area contributed by atoms with Crippen LogP contribution in [0.5, 0.6) is 0 Å². The first-order valence-electron chi connectivity index (χ1n) is 8.98. The minimum Gasteiger partial charge on any atom is -0.355 e. The molecule has 3 aromatic carbocycles. The highest BCUT2D eigenvalue weighted by molar-refractivity contribution is 5.88. The SMILES string of the molecule is CC(=O)Nc1ccc(CCc2ccc(C)c(Nc3ccc(F)cc3)c2)cc1. The molecule has 2 N–H and O–H groups in total. The lowest BCUT2D eigenvalue weighted by atomic mass is 10.0. The van der Waals surface area contributed by atoms with E-state index >= 15 is 0 Å². The van der Waals surface area contributed by atoms with Gasteiger partial charge in [0.2, 0.25) is 5.91 Å². The van der Waals surface area contributed by atoms with E-state index in [2.05, 4.69) is 35.8 Å². The summed E-state index contributed by atoms with van der Waals surface area (Å²) in [6.07, 6.45) is 1.83. The van der Waals surface area contributed by atoms with E-state index in [0.29, 0.717) is 0 Å². The monoisotopic (exact) mass is 362 g/mol. The fourth-order valence-electron chi connectivity index (χ4n) is 2.89. The lowest BCUT2D eigenvalue weighted by Gasteiger charge is -2.12. The number of aryl methyl sites for hydroxylation is 3. The molecule has 27 heavy (non-hydrogen) atoms. The Bertz CT molecular complexity index is 918. The summed E-state index contributed by atoms with van der Waals surface area (Å²) in [6.45, 7) is 3.55. The van der Waals surface area contributed by atoms with E-state index in [4.69, 9.17) is 0 Å². The lowest BCUT2D eigenvalue weighted by Crippen LogP contribution is -2.05. The highest BCUT2D eigenvalue weighted by Gasteiger charge is 2.03. The van der Waals surface area contributed by atoms with Crippen LogP contribution in [0.25, 0.3) is 0 Å². The molecular formula is C23H23FN2O. The van der Waals surface area contributed by atoms with E-state index in [9.17, 15) is 9.18 Å². The van der Waals surface area contributed by atoms with Crippen molar-refractivity contribution in [1.29, 1.82) is 0 Å². The third-order valence-electron chi connectivity index (χ3n) is 4.40. The van der Waals surface area contributed by atoms with Crippen LogP contribution in [0.15, 0.2) is 66.7 Å². The Morgan fingerprint density at radius 2 is 1.44 bits per heavy atom. The second-order valence-corrected chi connectivity index (χ2v) is 6.66. The summed E-state index contributed by atoms with van der Waals surface area (Å²) in [4.78, 5) is 11.1. The summed E-state index contributed by atoms with van der Waals surface area (Å²) in [6, 6.07) is 20.7. The number of hydrogen-bond acceptors (Lipinski definition) is 2. The van der Waals surface area contributed by atoms with Gasteiger partial charge in [0.15, 0.2) is 0 Å². The highest BCUT2D eigenvalue weighted by Crippen LogP contribution is 2.23. The molecule has 0 spiro atoms. The van der Waals surface area contributed by atoms with Crippen LogP contribution < -0.4 is 10.6 Å². The van der Waals surface area contributed by atoms with Gasteiger partial charge in [-0.3, -0.25) is 4.79 Å². The topological polar surface area (TPSA) is 41.1 Å². The number of carbonyl (C=O) groups is 1. The molecule has 0 aliphatic carbocycles. The number of anilines is 3. The first-order valence-corrected chi connectivity index (χ1v) is 8.98. The molecule has 1 amide bonds. The van der Waals surface area contributed by atoms with Gasteiger partial charge in [0.1, 0.15) is 5.82 Å². The largest absolute Gasteiger partial charge is 0.355 e. The van der Waals surface area contributed by atoms with Crippen LogP contribution in [0.2, 0.25) is 0 Å². The van der Waals surface area contributed by atoms with Crippen molar-refractivity contribution < 1.29 is 9.18 Å². The van der Waals surface area contributed by atoms with Gasteiger partial charge < -0.3 is 10.6 Å². The molecular weight excluding hydrogens is 339 g/mol. The highest BCUT2D eigenvalue weighted by atomic mass is 19.1. The summed E-state index contributed by atoms with van der Waals surface area (Å²) >= 11 is 0. The third kappa shape index (κ3) is 5.42. The molecule has 0 atom stereocenters. The zero-order valence-corrected chi connectivity index (χ0v) is 15.6. The van der Waals surface area contributed by atoms with Crippen molar-refractivity contribution in [3.8, 4) is 0 Å². The average Bonchev–Trinajstić information content (AvgIpc) is 2.65. The molecule has 3 nitrogen and oxygen atoms in total. The van der Waals surface area contributed by atoms with E-state index in [0.717, 1.165) is 35.5 Å². The number of amides is 1. The van der Waals surface area contributed by atoms with Crippen molar-refractivity contribution in [3.63, 3.8) is 0 Å². The van der Waals surface area contributed by atoms with E-state index in [1.54, 1.807) is 12.1 Å². The molecule has 138 valence electrons. The molecule has 0 unspecified atom stereocenters. The maximum atomic E-state index is 13.1. The lowest BCUT2D eigenvalue weighted by molar-refractivity contribution is -0.114. The van der Waals surface area contributed by atoms with Gasteiger partial charge in [-0.1, -0.05) is 24.3 Å². The smallest absolute Gasteiger partial charge is 0.221 e. The van der Waals surface area contributed by atoms with Crippen LogP contribution in [0.3, 0.4) is 0 Å². The summed E-state index contributed by atoms with van der Waals surface area (Å²) in [5.41, 5.74) is 6.30. The summed E-state index contributed by atoms with van der Waals surface area (Å²) in [7, 11) is 0. The zero-order valence-electron chi connectivity index (χ0n) is 15.6. The molecule has 0 saturated heterocycles. The Hall–Kier alpha value is -3.14. The number of carbonyl (C=O) groups excluding carboxylic acids is 1. The third-order valence-corrected chi connectivity index (χ3v) is 4.40. The predicted molar refractivity (Wildman–Crippen MR) is 109 cm³/mol. The Kier molecular flexibility index (Phi) is 5.87. The fraction of sp³-hybridized carbons (Fsp3) is 0.174. The van der Waals surface area contributed by atoms with Crippen molar-refractivity contribution in [1.82, 2.24) is 0 Å². The van der Waals surface area contributed by atoms with Gasteiger partial charge in [-0.05, 0) is 78.9 Å². The van der Waals surface area contributed by atoms with E-state index in [1.165, 1.54) is 30.2 Å². The Morgan fingerprint density at radius 3 is 2.11 bits per heavy atom. The van der Waals surface area contributed by atoms with Crippen LogP contribution in [0.4, 0.5) is 21.5 Å². The fourth-order valence-corrected chi connectivity index (χ4v) is 2.89. The second kappa shape index (κ2) is 8.49. The molecule has 0 radical (unpaired) electrons. The van der Waals surface area contributed by atoms with Crippen molar-refractivity contribution >= 4 is 23.0 Å². The quantitative estimate of drug-likeness (QED) is 0.597. The van der Waals surface area contributed by atoms with Crippen molar-refractivity contribution in [2.24, 2.45) is 0 Å². The van der Waals surface area contributed by atoms with Gasteiger partial charge >= 0.3 is 0 Å². The zero-order chi connectivity index (χ0) is 19.2. The maximum Gasteiger partial charge on any atom is 0.221 e. The molecule has 0 aliphatic rings. The Balaban J connectivity index is 1.65. The summed E-state index contributed by atoms with van der Waals surface area (Å²) < 4.78 is 13.1. The number of halogens is 1. The number of hydrogen-bond donors (Lipinski definition) is 2. The summed E-state index contributed by atoms with van der Waals surface area (Å²) in [5.74, 6) is -0.306. The maximum absolute atomic E-state index is 13.1. The minimum absolute atomic E-state index is 0.0661. The Labute approximate surface area is 159 Å². The average molecular weight is 362 g/mol. The molecule has 0 bridgehead atoms. The summed E-state index contributed by atoms with van der Waals surface area (Å²) in [5, 5.41) is 6.13. The van der Waals surface area contributed by atoms with E-state index in [1.807, 2.05) is 24.3 Å². The van der Waals surface area contributed by atoms with Crippen molar-refractivity contribution in [2.45, 2.75) is 26.7 Å². The standard InChI is InChI=1S/C23H23FN2O/c1-16-3-4-19(15-23(16)26-22-13-9-20(24)10-14-22)6-5-18-7-11-21(12-8-18)25-17(2)27/h3-4,7-15,26H,5-6H2,1-2H3,(H,25,27). The molecule has 0 saturated carbocycles. The van der Waals surface area contributed by atoms with Crippen LogP contribution >= 0.6 is 0 Å². The minimum atomic E-state index is -0.240. The molecule has 0 heterocycles. The molecule has 4 heteroatoms. The predicted octanol–water partition coefficient (Wildman–Crippen LogP) is 5.62. The number of nitrogens with one attached hydrogen (secondary N) is 2.